The van der Waals surface area contributed by atoms with E-state index in [2.05, 4.69) is 13.8 Å². The summed E-state index contributed by atoms with van der Waals surface area (Å²) in [5.74, 6) is 0. The number of aliphatic hydroxyl groups is 1. The predicted molar refractivity (Wildman–Crippen MR) is 97.3 cm³/mol. The van der Waals surface area contributed by atoms with Crippen LogP contribution in [0.15, 0.2) is 0 Å². The molecule has 0 bridgehead atoms. The van der Waals surface area contributed by atoms with Crippen LogP contribution in [0.25, 0.3) is 0 Å². The van der Waals surface area contributed by atoms with Gasteiger partial charge in [-0.3, -0.25) is 4.55 Å². The van der Waals surface area contributed by atoms with Crippen LogP contribution in [0.1, 0.15) is 104 Å². The lowest BCUT2D eigenvalue weighted by molar-refractivity contribution is 0.148. The minimum Gasteiger partial charge on any atom is -0.393 e. The average molecular weight is 351 g/mol. The molecule has 0 radical (unpaired) electrons. The van der Waals surface area contributed by atoms with Crippen molar-refractivity contribution in [2.75, 3.05) is 0 Å². The van der Waals surface area contributed by atoms with Crippen molar-refractivity contribution in [3.8, 4) is 0 Å². The van der Waals surface area contributed by atoms with Gasteiger partial charge in [0.15, 0.2) is 0 Å². The van der Waals surface area contributed by atoms with Crippen LogP contribution in [0.4, 0.5) is 0 Å². The van der Waals surface area contributed by atoms with Gasteiger partial charge in [0.1, 0.15) is 0 Å². The molecule has 5 heteroatoms. The van der Waals surface area contributed by atoms with Crippen molar-refractivity contribution in [2.45, 2.75) is 115 Å². The molecule has 0 fully saturated rings. The Balaban J connectivity index is 3.85. The van der Waals surface area contributed by atoms with E-state index in [1.165, 1.54) is 12.8 Å². The second kappa shape index (κ2) is 14.2. The molecule has 0 rings (SSSR count). The lowest BCUT2D eigenvalue weighted by atomic mass is 10.0. The molecule has 2 atom stereocenters. The van der Waals surface area contributed by atoms with Crippen molar-refractivity contribution in [3.63, 3.8) is 0 Å². The van der Waals surface area contributed by atoms with Crippen LogP contribution in [-0.2, 0) is 10.1 Å². The molecule has 0 aromatic heterocycles. The smallest absolute Gasteiger partial charge is 0.267 e. The molecule has 2 unspecified atom stereocenters. The summed E-state index contributed by atoms with van der Waals surface area (Å²) in [7, 11) is -3.92. The van der Waals surface area contributed by atoms with Crippen molar-refractivity contribution < 1.29 is 18.1 Å². The van der Waals surface area contributed by atoms with Gasteiger partial charge in [0, 0.05) is 0 Å². The van der Waals surface area contributed by atoms with Gasteiger partial charge in [-0.15, -0.1) is 0 Å². The lowest BCUT2D eigenvalue weighted by Crippen LogP contribution is -2.20. The topological polar surface area (TPSA) is 74.6 Å². The molecule has 0 amide bonds. The van der Waals surface area contributed by atoms with Gasteiger partial charge in [-0.1, -0.05) is 78.1 Å². The number of aliphatic hydroxyl groups excluding tert-OH is 1. The molecule has 0 saturated carbocycles. The summed E-state index contributed by atoms with van der Waals surface area (Å²) in [6.07, 6.45) is 12.8. The zero-order valence-corrected chi connectivity index (χ0v) is 16.0. The maximum absolute atomic E-state index is 11.5. The summed E-state index contributed by atoms with van der Waals surface area (Å²) in [6.45, 7) is 4.27. The fourth-order valence-electron chi connectivity index (χ4n) is 2.93. The second-order valence-electron chi connectivity index (χ2n) is 6.77. The Hall–Kier alpha value is -0.130. The van der Waals surface area contributed by atoms with Crippen LogP contribution in [0.2, 0.25) is 0 Å². The zero-order chi connectivity index (χ0) is 17.6. The van der Waals surface area contributed by atoms with Crippen molar-refractivity contribution in [2.24, 2.45) is 0 Å². The Morgan fingerprint density at radius 2 is 1.13 bits per heavy atom. The van der Waals surface area contributed by atoms with E-state index in [1.807, 2.05) is 0 Å². The standard InChI is InChI=1S/C18H38O4S/c1-3-5-7-8-11-15-18(23(20,21)22)16-12-9-10-14-17(19)13-6-4-2/h17-19H,3-16H2,1-2H3,(H,20,21,22). The molecule has 140 valence electrons. The molecule has 0 saturated heterocycles. The number of hydrogen-bond donors (Lipinski definition) is 2. The molecule has 0 heterocycles. The molecular formula is C18H38O4S. The van der Waals surface area contributed by atoms with E-state index in [0.717, 1.165) is 64.2 Å². The Labute approximate surface area is 143 Å². The van der Waals surface area contributed by atoms with E-state index in [0.29, 0.717) is 12.8 Å². The van der Waals surface area contributed by atoms with Crippen molar-refractivity contribution >= 4 is 10.1 Å². The highest BCUT2D eigenvalue weighted by molar-refractivity contribution is 7.86. The average Bonchev–Trinajstić information content (AvgIpc) is 2.49. The first-order chi connectivity index (χ1) is 10.9. The monoisotopic (exact) mass is 350 g/mol. The van der Waals surface area contributed by atoms with E-state index in [4.69, 9.17) is 0 Å². The van der Waals surface area contributed by atoms with Gasteiger partial charge in [0.2, 0.25) is 0 Å². The highest BCUT2D eigenvalue weighted by atomic mass is 32.2. The lowest BCUT2D eigenvalue weighted by Gasteiger charge is -2.14. The molecule has 0 spiro atoms. The highest BCUT2D eigenvalue weighted by Gasteiger charge is 2.21. The van der Waals surface area contributed by atoms with Gasteiger partial charge in [-0.2, -0.15) is 8.42 Å². The normalized spacial score (nSPS) is 14.8. The van der Waals surface area contributed by atoms with Crippen molar-refractivity contribution in [1.82, 2.24) is 0 Å². The largest absolute Gasteiger partial charge is 0.393 e. The van der Waals surface area contributed by atoms with E-state index >= 15 is 0 Å². The number of unbranched alkanes of at least 4 members (excludes halogenated alkanes) is 7. The van der Waals surface area contributed by atoms with Crippen LogP contribution >= 0.6 is 0 Å². The molecule has 0 aromatic carbocycles. The summed E-state index contributed by atoms with van der Waals surface area (Å²) in [5.41, 5.74) is 0. The van der Waals surface area contributed by atoms with Crippen molar-refractivity contribution in [1.29, 1.82) is 0 Å². The van der Waals surface area contributed by atoms with Gasteiger partial charge in [-0.05, 0) is 25.7 Å². The van der Waals surface area contributed by atoms with E-state index in [1.54, 1.807) is 0 Å². The Bertz CT molecular complexity index is 354. The van der Waals surface area contributed by atoms with Crippen LogP contribution < -0.4 is 0 Å². The third-order valence-corrected chi connectivity index (χ3v) is 5.82. The van der Waals surface area contributed by atoms with Crippen molar-refractivity contribution in [3.05, 3.63) is 0 Å². The maximum Gasteiger partial charge on any atom is 0.267 e. The summed E-state index contributed by atoms with van der Waals surface area (Å²) < 4.78 is 32.3. The quantitative estimate of drug-likeness (QED) is 0.300. The predicted octanol–water partition coefficient (Wildman–Crippen LogP) is 5.10. The minimum absolute atomic E-state index is 0.217. The van der Waals surface area contributed by atoms with Gasteiger partial charge < -0.3 is 5.11 Å². The van der Waals surface area contributed by atoms with Crippen LogP contribution in [0.3, 0.4) is 0 Å². The summed E-state index contributed by atoms with van der Waals surface area (Å²) in [5, 5.41) is 9.17. The second-order valence-corrected chi connectivity index (χ2v) is 8.47. The summed E-state index contributed by atoms with van der Waals surface area (Å²) in [4.78, 5) is 0. The SMILES string of the molecule is CCCCCCCC(CCCCCC(O)CCCC)S(=O)(=O)O. The van der Waals surface area contributed by atoms with Gasteiger partial charge >= 0.3 is 0 Å². The highest BCUT2D eigenvalue weighted by Crippen LogP contribution is 2.19. The van der Waals surface area contributed by atoms with Gasteiger partial charge in [0.05, 0.1) is 11.4 Å². The first-order valence-corrected chi connectivity index (χ1v) is 11.1. The fraction of sp³-hybridized carbons (Fsp3) is 1.00. The van der Waals surface area contributed by atoms with Gasteiger partial charge in [-0.25, -0.2) is 0 Å². The van der Waals surface area contributed by atoms with Crippen LogP contribution in [0, 0.1) is 0 Å². The number of hydrogen-bond acceptors (Lipinski definition) is 3. The summed E-state index contributed by atoms with van der Waals surface area (Å²) >= 11 is 0. The molecule has 0 aliphatic heterocycles. The van der Waals surface area contributed by atoms with Crippen LogP contribution in [0.5, 0.6) is 0 Å². The van der Waals surface area contributed by atoms with Crippen LogP contribution in [-0.4, -0.2) is 29.4 Å². The zero-order valence-electron chi connectivity index (χ0n) is 15.2. The van der Waals surface area contributed by atoms with E-state index in [9.17, 15) is 18.1 Å². The minimum atomic E-state index is -3.92. The molecule has 0 aliphatic rings. The Morgan fingerprint density at radius 3 is 1.65 bits per heavy atom. The molecule has 0 aliphatic carbocycles. The summed E-state index contributed by atoms with van der Waals surface area (Å²) in [6, 6.07) is 0. The van der Waals surface area contributed by atoms with E-state index in [-0.39, 0.29) is 6.10 Å². The third kappa shape index (κ3) is 14.0. The molecule has 4 nitrogen and oxygen atoms in total. The maximum atomic E-state index is 11.5. The molecule has 0 aromatic rings. The Kier molecular flexibility index (Phi) is 14.2. The Morgan fingerprint density at radius 1 is 0.696 bits per heavy atom. The molecule has 23 heavy (non-hydrogen) atoms. The van der Waals surface area contributed by atoms with Gasteiger partial charge in [0.25, 0.3) is 10.1 Å². The fourth-order valence-corrected chi connectivity index (χ4v) is 3.86. The number of rotatable bonds is 16. The first-order valence-electron chi connectivity index (χ1n) is 9.56. The third-order valence-electron chi connectivity index (χ3n) is 4.51. The van der Waals surface area contributed by atoms with E-state index < -0.39 is 15.4 Å². The first kappa shape index (κ1) is 22.9. The molecule has 2 N–H and O–H groups in total. The molecular weight excluding hydrogens is 312 g/mol.